The molecule has 1 aromatic rings. The lowest BCUT2D eigenvalue weighted by Crippen LogP contribution is -3.14. The summed E-state index contributed by atoms with van der Waals surface area (Å²) < 4.78 is 10.7. The Morgan fingerprint density at radius 3 is 2.38 bits per heavy atom. The van der Waals surface area contributed by atoms with E-state index < -0.39 is 0 Å². The minimum absolute atomic E-state index is 0.152. The Bertz CT molecular complexity index is 569. The van der Waals surface area contributed by atoms with Gasteiger partial charge in [-0.2, -0.15) is 0 Å². The van der Waals surface area contributed by atoms with Crippen LogP contribution < -0.4 is 19.7 Å². The summed E-state index contributed by atoms with van der Waals surface area (Å²) in [5, 5.41) is 3.32. The van der Waals surface area contributed by atoms with Gasteiger partial charge in [-0.3, -0.25) is 4.79 Å². The number of piperazine rings is 1. The topological polar surface area (TPSA) is 55.2 Å². The molecule has 1 amide bonds. The Morgan fingerprint density at radius 2 is 1.83 bits per heavy atom. The quantitative estimate of drug-likeness (QED) is 0.797. The lowest BCUT2D eigenvalue weighted by atomic mass is 10.1. The van der Waals surface area contributed by atoms with Crippen molar-refractivity contribution < 1.29 is 19.2 Å². The molecule has 0 spiro atoms. The fourth-order valence-electron chi connectivity index (χ4n) is 3.10. The molecule has 2 rings (SSSR count). The molecule has 0 unspecified atom stereocenters. The molecular formula is C18H30N3O3+. The molecule has 0 aromatic heterocycles. The van der Waals surface area contributed by atoms with Crippen LogP contribution in [0.15, 0.2) is 12.1 Å². The van der Waals surface area contributed by atoms with Crippen molar-refractivity contribution in [2.24, 2.45) is 0 Å². The molecule has 1 aliphatic heterocycles. The Labute approximate surface area is 144 Å². The van der Waals surface area contributed by atoms with E-state index in [9.17, 15) is 4.79 Å². The molecule has 1 saturated heterocycles. The summed E-state index contributed by atoms with van der Waals surface area (Å²) in [4.78, 5) is 16.2. The van der Waals surface area contributed by atoms with Gasteiger partial charge in [0, 0.05) is 11.8 Å². The SMILES string of the molecule is CC[NH+]1CCN(C(=O)[C@@H](C)Nc2cc(OC)c(OC)cc2C)CC1. The second kappa shape index (κ2) is 8.24. The largest absolute Gasteiger partial charge is 0.493 e. The molecule has 6 nitrogen and oxygen atoms in total. The van der Waals surface area contributed by atoms with Gasteiger partial charge in [0.2, 0.25) is 5.91 Å². The van der Waals surface area contributed by atoms with E-state index in [1.54, 1.807) is 19.1 Å². The number of nitrogens with one attached hydrogen (secondary N) is 2. The van der Waals surface area contributed by atoms with Gasteiger partial charge in [-0.25, -0.2) is 0 Å². The first-order valence-electron chi connectivity index (χ1n) is 8.61. The highest BCUT2D eigenvalue weighted by Gasteiger charge is 2.26. The van der Waals surface area contributed by atoms with Crippen molar-refractivity contribution in [3.63, 3.8) is 0 Å². The summed E-state index contributed by atoms with van der Waals surface area (Å²) >= 11 is 0. The van der Waals surface area contributed by atoms with E-state index >= 15 is 0 Å². The highest BCUT2D eigenvalue weighted by molar-refractivity contribution is 5.84. The molecule has 0 radical (unpaired) electrons. The van der Waals surface area contributed by atoms with Crippen LogP contribution in [-0.2, 0) is 4.79 Å². The molecule has 6 heteroatoms. The summed E-state index contributed by atoms with van der Waals surface area (Å²) in [5.74, 6) is 1.50. The van der Waals surface area contributed by atoms with Crippen molar-refractivity contribution in [3.05, 3.63) is 17.7 Å². The standard InChI is InChI=1S/C18H29N3O3/c1-6-20-7-9-21(10-8-20)18(22)14(3)19-15-12-17(24-5)16(23-4)11-13(15)2/h11-12,14,19H,6-10H2,1-5H3/p+1/t14-/m1/s1. The maximum atomic E-state index is 12.7. The van der Waals surface area contributed by atoms with Gasteiger partial charge in [0.05, 0.1) is 46.9 Å². The summed E-state index contributed by atoms with van der Waals surface area (Å²) in [6.45, 7) is 11.0. The first-order valence-corrected chi connectivity index (χ1v) is 8.61. The average Bonchev–Trinajstić information content (AvgIpc) is 2.62. The number of nitrogens with zero attached hydrogens (tertiary/aromatic N) is 1. The molecule has 2 N–H and O–H groups in total. The van der Waals surface area contributed by atoms with Gasteiger partial charge in [-0.05, 0) is 32.4 Å². The molecule has 1 fully saturated rings. The Hall–Kier alpha value is -1.95. The van der Waals surface area contributed by atoms with E-state index in [4.69, 9.17) is 9.47 Å². The zero-order valence-electron chi connectivity index (χ0n) is 15.4. The van der Waals surface area contributed by atoms with Crippen LogP contribution in [0.3, 0.4) is 0 Å². The first kappa shape index (κ1) is 18.4. The number of aryl methyl sites for hydroxylation is 1. The smallest absolute Gasteiger partial charge is 0.245 e. The van der Waals surface area contributed by atoms with Crippen molar-refractivity contribution in [2.75, 3.05) is 52.3 Å². The van der Waals surface area contributed by atoms with Crippen molar-refractivity contribution in [1.29, 1.82) is 0 Å². The predicted octanol–water partition coefficient (Wildman–Crippen LogP) is 0.560. The maximum Gasteiger partial charge on any atom is 0.245 e. The summed E-state index contributed by atoms with van der Waals surface area (Å²) in [5.41, 5.74) is 1.92. The van der Waals surface area contributed by atoms with Gasteiger partial charge in [0.15, 0.2) is 11.5 Å². The van der Waals surface area contributed by atoms with Crippen molar-refractivity contribution >= 4 is 11.6 Å². The molecule has 0 aliphatic carbocycles. The summed E-state index contributed by atoms with van der Waals surface area (Å²) in [6.07, 6.45) is 0. The molecular weight excluding hydrogens is 306 g/mol. The summed E-state index contributed by atoms with van der Waals surface area (Å²) in [7, 11) is 3.23. The number of likely N-dealkylation sites (N-methyl/N-ethyl adjacent to an activating group) is 1. The van der Waals surface area contributed by atoms with Gasteiger partial charge in [-0.15, -0.1) is 0 Å². The fourth-order valence-corrected chi connectivity index (χ4v) is 3.10. The van der Waals surface area contributed by atoms with Crippen molar-refractivity contribution in [3.8, 4) is 11.5 Å². The van der Waals surface area contributed by atoms with Crippen LogP contribution in [0.5, 0.6) is 11.5 Å². The van der Waals surface area contributed by atoms with Gasteiger partial charge in [0.1, 0.15) is 6.04 Å². The van der Waals surface area contributed by atoms with Crippen LogP contribution in [0.25, 0.3) is 0 Å². The fraction of sp³-hybridized carbons (Fsp3) is 0.611. The van der Waals surface area contributed by atoms with E-state index in [0.717, 1.165) is 44.0 Å². The summed E-state index contributed by atoms with van der Waals surface area (Å²) in [6, 6.07) is 3.53. The van der Waals surface area contributed by atoms with Gasteiger partial charge < -0.3 is 24.6 Å². The van der Waals surface area contributed by atoms with E-state index in [1.165, 1.54) is 0 Å². The van der Waals surface area contributed by atoms with Crippen LogP contribution in [-0.4, -0.2) is 63.8 Å². The number of ether oxygens (including phenoxy) is 2. The van der Waals surface area contributed by atoms with Crippen LogP contribution in [0.1, 0.15) is 19.4 Å². The van der Waals surface area contributed by atoms with Crippen LogP contribution >= 0.6 is 0 Å². The minimum atomic E-state index is -0.273. The molecule has 1 aromatic carbocycles. The number of rotatable bonds is 6. The molecule has 1 heterocycles. The Morgan fingerprint density at radius 1 is 1.25 bits per heavy atom. The third kappa shape index (κ3) is 4.12. The minimum Gasteiger partial charge on any atom is -0.493 e. The van der Waals surface area contributed by atoms with Gasteiger partial charge in [0.25, 0.3) is 0 Å². The molecule has 24 heavy (non-hydrogen) atoms. The monoisotopic (exact) mass is 336 g/mol. The second-order valence-electron chi connectivity index (χ2n) is 6.32. The molecule has 0 bridgehead atoms. The number of hydrogen-bond acceptors (Lipinski definition) is 4. The lowest BCUT2D eigenvalue weighted by Gasteiger charge is -2.33. The predicted molar refractivity (Wildman–Crippen MR) is 95.2 cm³/mol. The third-order valence-corrected chi connectivity index (χ3v) is 4.76. The van der Waals surface area contributed by atoms with Crippen LogP contribution in [0.4, 0.5) is 5.69 Å². The number of methoxy groups -OCH3 is 2. The zero-order valence-corrected chi connectivity index (χ0v) is 15.4. The van der Waals surface area contributed by atoms with Gasteiger partial charge in [-0.1, -0.05) is 0 Å². The Kier molecular flexibility index (Phi) is 6.31. The number of hydrogen-bond donors (Lipinski definition) is 2. The van der Waals surface area contributed by atoms with Crippen LogP contribution in [0.2, 0.25) is 0 Å². The third-order valence-electron chi connectivity index (χ3n) is 4.76. The van der Waals surface area contributed by atoms with E-state index in [1.807, 2.05) is 30.9 Å². The van der Waals surface area contributed by atoms with E-state index in [2.05, 4.69) is 12.2 Å². The highest BCUT2D eigenvalue weighted by atomic mass is 16.5. The molecule has 1 aliphatic rings. The first-order chi connectivity index (χ1) is 11.5. The highest BCUT2D eigenvalue weighted by Crippen LogP contribution is 2.33. The molecule has 134 valence electrons. The van der Waals surface area contributed by atoms with Gasteiger partial charge >= 0.3 is 0 Å². The second-order valence-corrected chi connectivity index (χ2v) is 6.32. The number of anilines is 1. The number of carbonyl (C=O) groups excluding carboxylic acids is 1. The van der Waals surface area contributed by atoms with Crippen molar-refractivity contribution in [1.82, 2.24) is 4.90 Å². The zero-order chi connectivity index (χ0) is 17.7. The van der Waals surface area contributed by atoms with Crippen LogP contribution in [0, 0.1) is 6.92 Å². The Balaban J connectivity index is 2.04. The van der Waals surface area contributed by atoms with E-state index in [-0.39, 0.29) is 11.9 Å². The average molecular weight is 336 g/mol. The number of benzene rings is 1. The normalized spacial score (nSPS) is 16.6. The molecule has 0 saturated carbocycles. The number of quaternary nitrogens is 1. The number of carbonyl (C=O) groups is 1. The van der Waals surface area contributed by atoms with Crippen molar-refractivity contribution in [2.45, 2.75) is 26.8 Å². The molecule has 1 atom stereocenters. The lowest BCUT2D eigenvalue weighted by molar-refractivity contribution is -0.902. The van der Waals surface area contributed by atoms with E-state index in [0.29, 0.717) is 11.5 Å². The number of amides is 1. The maximum absolute atomic E-state index is 12.7.